The molecule has 0 saturated carbocycles. The van der Waals surface area contributed by atoms with Gasteiger partial charge in [0, 0.05) is 55.6 Å². The highest BCUT2D eigenvalue weighted by Gasteiger charge is 2.33. The van der Waals surface area contributed by atoms with Gasteiger partial charge < -0.3 is 14.8 Å². The predicted molar refractivity (Wildman–Crippen MR) is 109 cm³/mol. The molecule has 1 amide bonds. The third-order valence-corrected chi connectivity index (χ3v) is 6.74. The monoisotopic (exact) mass is 393 g/mol. The van der Waals surface area contributed by atoms with Crippen molar-refractivity contribution >= 4 is 5.91 Å². The topological polar surface area (TPSA) is 80.1 Å². The number of aromatic nitrogens is 3. The van der Waals surface area contributed by atoms with Gasteiger partial charge in [-0.25, -0.2) is 9.97 Å². The summed E-state index contributed by atoms with van der Waals surface area (Å²) in [5.74, 6) is 1.86. The number of amides is 1. The summed E-state index contributed by atoms with van der Waals surface area (Å²) in [5, 5.41) is 3.46. The normalized spacial score (nSPS) is 24.2. The summed E-state index contributed by atoms with van der Waals surface area (Å²) in [5.41, 5.74) is 2.34. The van der Waals surface area contributed by atoms with Crippen LogP contribution < -0.4 is 10.9 Å². The molecule has 29 heavy (non-hydrogen) atoms. The summed E-state index contributed by atoms with van der Waals surface area (Å²) in [6.45, 7) is 5.80. The minimum absolute atomic E-state index is 0.113. The van der Waals surface area contributed by atoms with Gasteiger partial charge in [0.05, 0.1) is 0 Å². The van der Waals surface area contributed by atoms with Gasteiger partial charge in [-0.1, -0.05) is 0 Å². The molecule has 2 saturated heterocycles. The van der Waals surface area contributed by atoms with E-state index in [9.17, 15) is 9.59 Å². The minimum atomic E-state index is -0.128. The van der Waals surface area contributed by atoms with E-state index in [1.54, 1.807) is 12.3 Å². The lowest BCUT2D eigenvalue weighted by molar-refractivity contribution is 0.0708. The lowest BCUT2D eigenvalue weighted by Crippen LogP contribution is -2.47. The molecule has 3 aliphatic rings. The van der Waals surface area contributed by atoms with E-state index in [0.29, 0.717) is 43.0 Å². The fourth-order valence-corrected chi connectivity index (χ4v) is 5.20. The largest absolute Gasteiger partial charge is 0.338 e. The molecule has 1 N–H and O–H groups in total. The number of aryl methyl sites for hydroxylation is 1. The summed E-state index contributed by atoms with van der Waals surface area (Å²) in [6, 6.07) is 5.72. The van der Waals surface area contributed by atoms with Crippen molar-refractivity contribution < 1.29 is 4.79 Å². The molecule has 0 aromatic carbocycles. The molecule has 0 spiro atoms. The van der Waals surface area contributed by atoms with Crippen molar-refractivity contribution in [3.8, 4) is 0 Å². The second-order valence-corrected chi connectivity index (χ2v) is 8.64. The zero-order chi connectivity index (χ0) is 20.0. The number of carbonyl (C=O) groups excluding carboxylic acids is 1. The van der Waals surface area contributed by atoms with Gasteiger partial charge in [-0.2, -0.15) is 0 Å². The molecule has 152 valence electrons. The number of likely N-dealkylation sites (tertiary alicyclic amines) is 1. The maximum atomic E-state index is 13.1. The van der Waals surface area contributed by atoms with Gasteiger partial charge in [0.2, 0.25) is 0 Å². The average molecular weight is 393 g/mol. The molecule has 2 aromatic rings. The Hall–Kier alpha value is -2.54. The Labute approximate surface area is 170 Å². The van der Waals surface area contributed by atoms with Crippen LogP contribution in [-0.4, -0.2) is 51.5 Å². The number of hydrogen-bond donors (Lipinski definition) is 1. The fraction of sp³-hybridized carbons (Fsp3) is 0.545. The smallest absolute Gasteiger partial charge is 0.263 e. The van der Waals surface area contributed by atoms with Crippen LogP contribution in [0.2, 0.25) is 0 Å². The zero-order valence-corrected chi connectivity index (χ0v) is 16.8. The van der Waals surface area contributed by atoms with Crippen LogP contribution in [0, 0.1) is 12.8 Å². The van der Waals surface area contributed by atoms with Crippen molar-refractivity contribution in [2.75, 3.05) is 26.2 Å². The first kappa shape index (κ1) is 18.5. The summed E-state index contributed by atoms with van der Waals surface area (Å²) in [7, 11) is 0. The third-order valence-electron chi connectivity index (χ3n) is 6.74. The van der Waals surface area contributed by atoms with E-state index in [1.165, 1.54) is 0 Å². The van der Waals surface area contributed by atoms with Crippen LogP contribution in [0.1, 0.15) is 58.7 Å². The first-order chi connectivity index (χ1) is 14.1. The van der Waals surface area contributed by atoms with E-state index in [1.807, 2.05) is 28.5 Å². The SMILES string of the molecule is Cc1nccc(C2CCN(C(=O)c3ccc4n(c3=O)C[C@@H]3CNC[C@H]4C3)CC2)n1. The first-order valence-electron chi connectivity index (χ1n) is 10.6. The lowest BCUT2D eigenvalue weighted by atomic mass is 9.84. The molecule has 2 fully saturated rings. The standard InChI is InChI=1S/C22H27N5O2/c1-14-24-7-4-19(25-14)16-5-8-26(9-6-16)21(28)18-2-3-20-17-10-15(11-23-12-17)13-27(20)22(18)29/h2-4,7,15-17,23H,5-6,8-13H2,1H3/t15-,17+/m0/s1. The maximum Gasteiger partial charge on any atom is 0.263 e. The summed E-state index contributed by atoms with van der Waals surface area (Å²) < 4.78 is 1.86. The van der Waals surface area contributed by atoms with E-state index >= 15 is 0 Å². The number of pyridine rings is 1. The van der Waals surface area contributed by atoms with Crippen molar-refractivity contribution in [1.82, 2.24) is 24.8 Å². The highest BCUT2D eigenvalue weighted by atomic mass is 16.2. The number of carbonyl (C=O) groups is 1. The quantitative estimate of drug-likeness (QED) is 0.840. The van der Waals surface area contributed by atoms with Crippen LogP contribution in [0.3, 0.4) is 0 Å². The van der Waals surface area contributed by atoms with Crippen LogP contribution in [0.25, 0.3) is 0 Å². The van der Waals surface area contributed by atoms with Crippen molar-refractivity contribution in [3.05, 3.63) is 57.5 Å². The van der Waals surface area contributed by atoms with Gasteiger partial charge in [0.1, 0.15) is 11.4 Å². The van der Waals surface area contributed by atoms with Gasteiger partial charge >= 0.3 is 0 Å². The van der Waals surface area contributed by atoms with Crippen LogP contribution in [-0.2, 0) is 6.54 Å². The Balaban J connectivity index is 1.33. The molecule has 0 aliphatic carbocycles. The Morgan fingerprint density at radius 3 is 2.76 bits per heavy atom. The second-order valence-electron chi connectivity index (χ2n) is 8.64. The zero-order valence-electron chi connectivity index (χ0n) is 16.8. The van der Waals surface area contributed by atoms with E-state index in [0.717, 1.165) is 49.6 Å². The molecule has 7 heteroatoms. The summed E-state index contributed by atoms with van der Waals surface area (Å²) in [6.07, 6.45) is 4.67. The molecule has 0 radical (unpaired) electrons. The molecule has 7 nitrogen and oxygen atoms in total. The Kier molecular flexibility index (Phi) is 4.70. The van der Waals surface area contributed by atoms with Gasteiger partial charge in [-0.15, -0.1) is 0 Å². The Morgan fingerprint density at radius 2 is 1.97 bits per heavy atom. The molecule has 2 bridgehead atoms. The van der Waals surface area contributed by atoms with Gasteiger partial charge in [0.25, 0.3) is 11.5 Å². The number of nitrogens with zero attached hydrogens (tertiary/aromatic N) is 4. The van der Waals surface area contributed by atoms with Crippen LogP contribution in [0.5, 0.6) is 0 Å². The minimum Gasteiger partial charge on any atom is -0.338 e. The highest BCUT2D eigenvalue weighted by Crippen LogP contribution is 2.32. The van der Waals surface area contributed by atoms with Crippen LogP contribution in [0.4, 0.5) is 0 Å². The predicted octanol–water partition coefficient (Wildman–Crippen LogP) is 1.67. The van der Waals surface area contributed by atoms with Gasteiger partial charge in [-0.3, -0.25) is 9.59 Å². The second kappa shape index (κ2) is 7.37. The van der Waals surface area contributed by atoms with Gasteiger partial charge in [-0.05, 0) is 56.8 Å². The summed E-state index contributed by atoms with van der Waals surface area (Å²) >= 11 is 0. The average Bonchev–Trinajstić information content (AvgIpc) is 2.74. The van der Waals surface area contributed by atoms with Crippen molar-refractivity contribution in [3.63, 3.8) is 0 Å². The number of piperidine rings is 2. The number of nitrogens with one attached hydrogen (secondary N) is 1. The molecule has 0 unspecified atom stereocenters. The van der Waals surface area contributed by atoms with E-state index in [4.69, 9.17) is 0 Å². The number of hydrogen-bond acceptors (Lipinski definition) is 5. The molecule has 5 heterocycles. The molecule has 2 aromatic heterocycles. The van der Waals surface area contributed by atoms with Crippen molar-refractivity contribution in [1.29, 1.82) is 0 Å². The van der Waals surface area contributed by atoms with Crippen LogP contribution >= 0.6 is 0 Å². The Bertz CT molecular complexity index is 993. The summed E-state index contributed by atoms with van der Waals surface area (Å²) in [4.78, 5) is 36.8. The molecule has 3 aliphatic heterocycles. The molecule has 5 rings (SSSR count). The fourth-order valence-electron chi connectivity index (χ4n) is 5.20. The molecular formula is C22H27N5O2. The van der Waals surface area contributed by atoms with Crippen molar-refractivity contribution in [2.24, 2.45) is 5.92 Å². The van der Waals surface area contributed by atoms with Crippen molar-refractivity contribution in [2.45, 2.75) is 44.6 Å². The lowest BCUT2D eigenvalue weighted by Gasteiger charge is -2.38. The third kappa shape index (κ3) is 3.37. The van der Waals surface area contributed by atoms with Gasteiger partial charge in [0.15, 0.2) is 0 Å². The maximum absolute atomic E-state index is 13.1. The van der Waals surface area contributed by atoms with E-state index < -0.39 is 0 Å². The molecule has 2 atom stereocenters. The van der Waals surface area contributed by atoms with E-state index in [-0.39, 0.29) is 11.5 Å². The molecular weight excluding hydrogens is 366 g/mol. The number of rotatable bonds is 2. The van der Waals surface area contributed by atoms with Crippen LogP contribution in [0.15, 0.2) is 29.2 Å². The Morgan fingerprint density at radius 1 is 1.14 bits per heavy atom. The van der Waals surface area contributed by atoms with E-state index in [2.05, 4.69) is 15.3 Å². The number of fused-ring (bicyclic) bond motifs is 4. The highest BCUT2D eigenvalue weighted by molar-refractivity contribution is 5.94. The first-order valence-corrected chi connectivity index (χ1v) is 10.6.